The molecule has 2 heterocycles. The van der Waals surface area contributed by atoms with E-state index < -0.39 is 11.6 Å². The Kier molecular flexibility index (Phi) is 4.64. The van der Waals surface area contributed by atoms with E-state index in [2.05, 4.69) is 10.4 Å². The summed E-state index contributed by atoms with van der Waals surface area (Å²) < 4.78 is 11.5. The number of hydrogen-bond acceptors (Lipinski definition) is 5. The number of aromatic nitrogens is 2. The second-order valence-corrected chi connectivity index (χ2v) is 5.92. The molecule has 1 atom stereocenters. The average molecular weight is 370 g/mol. The lowest BCUT2D eigenvalue weighted by Gasteiger charge is -2.14. The van der Waals surface area contributed by atoms with Crippen LogP contribution in [-0.2, 0) is 11.3 Å². The molecule has 0 fully saturated rings. The van der Waals surface area contributed by atoms with Crippen LogP contribution in [0.2, 0.25) is 10.0 Å². The van der Waals surface area contributed by atoms with E-state index in [-0.39, 0.29) is 29.3 Å². The fraction of sp³-hybridized carbons (Fsp3) is 0.267. The topological polar surface area (TPSA) is 82.4 Å². The standard InChI is InChI=1S/C15H13Cl2N3O4/c1-8(20-15(22)13(17)10(16)6-19-20)14(21)18-5-9-2-3-11-12(4-9)24-7-23-11/h2-4,6,8H,5,7H2,1H3,(H,18,21)/t8-/m0/s1. The molecule has 0 saturated carbocycles. The molecular formula is C15H13Cl2N3O4. The molecule has 7 nitrogen and oxygen atoms in total. The van der Waals surface area contributed by atoms with Gasteiger partial charge in [0.05, 0.1) is 11.2 Å². The summed E-state index contributed by atoms with van der Waals surface area (Å²) in [5.74, 6) is 0.933. The van der Waals surface area contributed by atoms with Gasteiger partial charge in [0, 0.05) is 6.54 Å². The monoisotopic (exact) mass is 369 g/mol. The first-order chi connectivity index (χ1) is 11.5. The van der Waals surface area contributed by atoms with E-state index in [1.165, 1.54) is 6.20 Å². The van der Waals surface area contributed by atoms with Gasteiger partial charge in [-0.05, 0) is 24.6 Å². The number of carbonyl (C=O) groups excluding carboxylic acids is 1. The Hall–Kier alpha value is -2.25. The van der Waals surface area contributed by atoms with Crippen molar-refractivity contribution in [2.24, 2.45) is 0 Å². The van der Waals surface area contributed by atoms with E-state index in [0.717, 1.165) is 10.2 Å². The number of hydrogen-bond donors (Lipinski definition) is 1. The molecule has 1 aliphatic rings. The summed E-state index contributed by atoms with van der Waals surface area (Å²) in [6.07, 6.45) is 1.23. The molecule has 24 heavy (non-hydrogen) atoms. The smallest absolute Gasteiger partial charge is 0.287 e. The van der Waals surface area contributed by atoms with Crippen LogP contribution in [0.4, 0.5) is 0 Å². The minimum absolute atomic E-state index is 0.0471. The number of nitrogens with one attached hydrogen (secondary N) is 1. The third kappa shape index (κ3) is 3.18. The first kappa shape index (κ1) is 16.6. The van der Waals surface area contributed by atoms with Crippen LogP contribution >= 0.6 is 23.2 Å². The number of ether oxygens (including phenoxy) is 2. The van der Waals surface area contributed by atoms with E-state index >= 15 is 0 Å². The van der Waals surface area contributed by atoms with Crippen molar-refractivity contribution < 1.29 is 14.3 Å². The molecule has 1 aromatic carbocycles. The second-order valence-electron chi connectivity index (χ2n) is 5.14. The van der Waals surface area contributed by atoms with Gasteiger partial charge < -0.3 is 14.8 Å². The quantitative estimate of drug-likeness (QED) is 0.892. The highest BCUT2D eigenvalue weighted by molar-refractivity contribution is 6.41. The lowest BCUT2D eigenvalue weighted by Crippen LogP contribution is -2.37. The van der Waals surface area contributed by atoms with Gasteiger partial charge in [0.25, 0.3) is 5.56 Å². The van der Waals surface area contributed by atoms with E-state index in [1.807, 2.05) is 6.07 Å². The Bertz CT molecular complexity index is 853. The van der Waals surface area contributed by atoms with Gasteiger partial charge >= 0.3 is 0 Å². The number of benzene rings is 1. The van der Waals surface area contributed by atoms with E-state index in [9.17, 15) is 9.59 Å². The summed E-state index contributed by atoms with van der Waals surface area (Å²) in [5.41, 5.74) is 0.226. The Balaban J connectivity index is 1.69. The second kappa shape index (κ2) is 6.70. The zero-order valence-electron chi connectivity index (χ0n) is 12.6. The fourth-order valence-electron chi connectivity index (χ4n) is 2.20. The normalized spacial score (nSPS) is 13.6. The third-order valence-electron chi connectivity index (χ3n) is 3.55. The highest BCUT2D eigenvalue weighted by atomic mass is 35.5. The van der Waals surface area contributed by atoms with Crippen LogP contribution in [0.25, 0.3) is 0 Å². The first-order valence-corrected chi connectivity index (χ1v) is 7.82. The van der Waals surface area contributed by atoms with E-state index in [4.69, 9.17) is 32.7 Å². The number of amides is 1. The molecule has 1 aromatic heterocycles. The summed E-state index contributed by atoms with van der Waals surface area (Å²) in [7, 11) is 0. The minimum Gasteiger partial charge on any atom is -0.454 e. The molecule has 0 unspecified atom stereocenters. The third-order valence-corrected chi connectivity index (χ3v) is 4.30. The zero-order chi connectivity index (χ0) is 17.3. The van der Waals surface area contributed by atoms with Gasteiger partial charge in [-0.2, -0.15) is 5.10 Å². The van der Waals surface area contributed by atoms with Gasteiger partial charge in [0.1, 0.15) is 11.1 Å². The van der Waals surface area contributed by atoms with Crippen molar-refractivity contribution >= 4 is 29.1 Å². The summed E-state index contributed by atoms with van der Waals surface area (Å²) >= 11 is 11.5. The molecule has 3 rings (SSSR count). The molecule has 0 spiro atoms. The summed E-state index contributed by atoms with van der Waals surface area (Å²) in [6.45, 7) is 2.01. The van der Waals surface area contributed by atoms with Gasteiger partial charge in [0.2, 0.25) is 12.7 Å². The lowest BCUT2D eigenvalue weighted by atomic mass is 10.2. The molecule has 1 aliphatic heterocycles. The summed E-state index contributed by atoms with van der Waals surface area (Å²) in [6, 6.07) is 4.55. The van der Waals surface area contributed by atoms with Crippen molar-refractivity contribution in [1.29, 1.82) is 0 Å². The van der Waals surface area contributed by atoms with Crippen LogP contribution in [0, 0.1) is 0 Å². The number of halogens is 2. The molecule has 0 radical (unpaired) electrons. The van der Waals surface area contributed by atoms with Crippen LogP contribution < -0.4 is 20.3 Å². The largest absolute Gasteiger partial charge is 0.454 e. The molecule has 0 aliphatic carbocycles. The van der Waals surface area contributed by atoms with E-state index in [1.54, 1.807) is 19.1 Å². The maximum atomic E-state index is 12.3. The van der Waals surface area contributed by atoms with Crippen LogP contribution in [0.3, 0.4) is 0 Å². The van der Waals surface area contributed by atoms with Crippen molar-refractivity contribution in [1.82, 2.24) is 15.1 Å². The highest BCUT2D eigenvalue weighted by Crippen LogP contribution is 2.32. The summed E-state index contributed by atoms with van der Waals surface area (Å²) in [4.78, 5) is 24.3. The predicted molar refractivity (Wildman–Crippen MR) is 87.6 cm³/mol. The minimum atomic E-state index is -0.832. The van der Waals surface area contributed by atoms with Gasteiger partial charge in [-0.1, -0.05) is 29.3 Å². The molecule has 0 bridgehead atoms. The van der Waals surface area contributed by atoms with Gasteiger partial charge in [-0.25, -0.2) is 4.68 Å². The predicted octanol–water partition coefficient (Wildman–Crippen LogP) is 2.16. The average Bonchev–Trinajstić information content (AvgIpc) is 3.05. The van der Waals surface area contributed by atoms with Crippen LogP contribution in [0.5, 0.6) is 11.5 Å². The Labute approximate surface area is 147 Å². The molecule has 1 N–H and O–H groups in total. The molecule has 9 heteroatoms. The molecule has 126 valence electrons. The number of rotatable bonds is 4. The van der Waals surface area contributed by atoms with Crippen LogP contribution in [0.1, 0.15) is 18.5 Å². The van der Waals surface area contributed by atoms with Crippen molar-refractivity contribution in [2.45, 2.75) is 19.5 Å². The van der Waals surface area contributed by atoms with Gasteiger partial charge in [-0.3, -0.25) is 9.59 Å². The van der Waals surface area contributed by atoms with Crippen molar-refractivity contribution in [3.63, 3.8) is 0 Å². The van der Waals surface area contributed by atoms with Crippen molar-refractivity contribution in [2.75, 3.05) is 6.79 Å². The molecule has 1 amide bonds. The molecular weight excluding hydrogens is 357 g/mol. The van der Waals surface area contributed by atoms with Gasteiger partial charge in [-0.15, -0.1) is 0 Å². The van der Waals surface area contributed by atoms with Crippen LogP contribution in [-0.4, -0.2) is 22.5 Å². The molecule has 0 saturated heterocycles. The van der Waals surface area contributed by atoms with Gasteiger partial charge in [0.15, 0.2) is 11.5 Å². The summed E-state index contributed by atoms with van der Waals surface area (Å²) in [5, 5.41) is 6.47. The maximum Gasteiger partial charge on any atom is 0.287 e. The number of fused-ring (bicyclic) bond motifs is 1. The number of nitrogens with zero attached hydrogens (tertiary/aromatic N) is 2. The Morgan fingerprint density at radius 1 is 1.38 bits per heavy atom. The lowest BCUT2D eigenvalue weighted by molar-refractivity contribution is -0.124. The van der Waals surface area contributed by atoms with Crippen molar-refractivity contribution in [3.05, 3.63) is 50.4 Å². The van der Waals surface area contributed by atoms with Crippen molar-refractivity contribution in [3.8, 4) is 11.5 Å². The number of carbonyl (C=O) groups is 1. The maximum absolute atomic E-state index is 12.3. The Morgan fingerprint density at radius 2 is 2.12 bits per heavy atom. The zero-order valence-corrected chi connectivity index (χ0v) is 14.1. The van der Waals surface area contributed by atoms with Crippen LogP contribution in [0.15, 0.2) is 29.2 Å². The SMILES string of the molecule is C[C@@H](C(=O)NCc1ccc2c(c1)OCO2)n1ncc(Cl)c(Cl)c1=O. The molecule has 2 aromatic rings. The Morgan fingerprint density at radius 3 is 2.92 bits per heavy atom. The highest BCUT2D eigenvalue weighted by Gasteiger charge is 2.20. The van der Waals surface area contributed by atoms with E-state index in [0.29, 0.717) is 11.5 Å². The fourth-order valence-corrected chi connectivity index (χ4v) is 2.46. The first-order valence-electron chi connectivity index (χ1n) is 7.06.